The number of benzene rings is 3. The number of ketones is 2. The predicted octanol–water partition coefficient (Wildman–Crippen LogP) is 3.70. The fourth-order valence-electron chi connectivity index (χ4n) is 3.56. The number of hydrogen-bond donors (Lipinski definition) is 1. The average Bonchev–Trinajstić information content (AvgIpc) is 3.21. The minimum absolute atomic E-state index is 0.00362. The zero-order valence-electron chi connectivity index (χ0n) is 15.9. The van der Waals surface area contributed by atoms with Gasteiger partial charge >= 0.3 is 0 Å². The smallest absolute Gasteiger partial charge is 0.271 e. The lowest BCUT2D eigenvalue weighted by molar-refractivity contribution is -0.384. The van der Waals surface area contributed by atoms with Crippen LogP contribution in [-0.4, -0.2) is 31.5 Å². The maximum atomic E-state index is 13.4. The van der Waals surface area contributed by atoms with Gasteiger partial charge in [0.2, 0.25) is 11.6 Å². The first-order valence-electron chi connectivity index (χ1n) is 9.29. The first kappa shape index (κ1) is 18.4. The number of rotatable bonds is 4. The molecule has 5 rings (SSSR count). The SMILES string of the molecule is O=C1C(Nc2cccc([N+](=O)[O-])c2)=C(n2nnc3ccccc32)C(=O)c2ccccc21. The van der Waals surface area contributed by atoms with Gasteiger partial charge in [0.05, 0.1) is 10.4 Å². The third kappa shape index (κ3) is 2.96. The molecule has 9 nitrogen and oxygen atoms in total. The highest BCUT2D eigenvalue weighted by Crippen LogP contribution is 2.31. The van der Waals surface area contributed by atoms with E-state index in [1.165, 1.54) is 22.9 Å². The first-order valence-corrected chi connectivity index (χ1v) is 9.29. The van der Waals surface area contributed by atoms with Crippen molar-refractivity contribution >= 4 is 39.7 Å². The molecule has 0 spiro atoms. The first-order chi connectivity index (χ1) is 15.0. The quantitative estimate of drug-likeness (QED) is 0.401. The van der Waals surface area contributed by atoms with Crippen LogP contribution in [0.25, 0.3) is 16.7 Å². The van der Waals surface area contributed by atoms with Crippen molar-refractivity contribution in [2.75, 3.05) is 5.32 Å². The highest BCUT2D eigenvalue weighted by molar-refractivity contribution is 6.38. The Balaban J connectivity index is 1.74. The largest absolute Gasteiger partial charge is 0.350 e. The van der Waals surface area contributed by atoms with Gasteiger partial charge in [-0.15, -0.1) is 5.10 Å². The summed E-state index contributed by atoms with van der Waals surface area (Å²) < 4.78 is 1.32. The molecule has 0 amide bonds. The molecule has 0 saturated heterocycles. The van der Waals surface area contributed by atoms with Crippen LogP contribution in [0.5, 0.6) is 0 Å². The number of non-ortho nitro benzene ring substituents is 1. The molecule has 31 heavy (non-hydrogen) atoms. The minimum Gasteiger partial charge on any atom is -0.350 e. The van der Waals surface area contributed by atoms with Crippen LogP contribution in [0.2, 0.25) is 0 Å². The van der Waals surface area contributed by atoms with E-state index in [2.05, 4.69) is 15.6 Å². The molecule has 0 radical (unpaired) electrons. The number of nitro benzene ring substituents is 1. The van der Waals surface area contributed by atoms with Gasteiger partial charge in [-0.2, -0.15) is 0 Å². The standard InChI is InChI=1S/C22H13N5O4/c28-21-15-8-1-2-9-16(15)22(29)20(26-18-11-4-3-10-17(18)24-25-26)19(21)23-13-6-5-7-14(12-13)27(30)31/h1-12,23H. The van der Waals surface area contributed by atoms with E-state index < -0.39 is 16.5 Å². The van der Waals surface area contributed by atoms with E-state index >= 15 is 0 Å². The van der Waals surface area contributed by atoms with Crippen molar-refractivity contribution in [1.82, 2.24) is 15.0 Å². The Labute approximate surface area is 174 Å². The monoisotopic (exact) mass is 411 g/mol. The third-order valence-corrected chi connectivity index (χ3v) is 4.99. The van der Waals surface area contributed by atoms with Crippen LogP contribution in [0.15, 0.2) is 78.5 Å². The third-order valence-electron chi connectivity index (χ3n) is 4.99. The lowest BCUT2D eigenvalue weighted by Crippen LogP contribution is -2.28. The summed E-state index contributed by atoms with van der Waals surface area (Å²) in [6.07, 6.45) is 0. The van der Waals surface area contributed by atoms with E-state index in [1.54, 1.807) is 54.6 Å². The van der Waals surface area contributed by atoms with E-state index in [0.29, 0.717) is 16.7 Å². The van der Waals surface area contributed by atoms with Crippen LogP contribution < -0.4 is 5.32 Å². The number of carbonyl (C=O) groups excluding carboxylic acids is 2. The van der Waals surface area contributed by atoms with Crippen LogP contribution in [0.1, 0.15) is 20.7 Å². The Bertz CT molecular complexity index is 1440. The molecule has 1 heterocycles. The summed E-state index contributed by atoms with van der Waals surface area (Å²) in [5, 5.41) is 22.2. The Kier molecular flexibility index (Phi) is 4.14. The van der Waals surface area contributed by atoms with Crippen LogP contribution in [-0.2, 0) is 0 Å². The number of fused-ring (bicyclic) bond motifs is 2. The average molecular weight is 411 g/mol. The molecule has 0 fully saturated rings. The summed E-state index contributed by atoms with van der Waals surface area (Å²) in [6, 6.07) is 19.3. The molecule has 1 aromatic heterocycles. The lowest BCUT2D eigenvalue weighted by atomic mass is 9.90. The fraction of sp³-hybridized carbons (Fsp3) is 0. The summed E-state index contributed by atoms with van der Waals surface area (Å²) in [6.45, 7) is 0. The van der Waals surface area contributed by atoms with Gasteiger partial charge in [-0.25, -0.2) is 4.68 Å². The highest BCUT2D eigenvalue weighted by atomic mass is 16.6. The fourth-order valence-corrected chi connectivity index (χ4v) is 3.56. The Morgan fingerprint density at radius 1 is 0.871 bits per heavy atom. The number of nitro groups is 1. The van der Waals surface area contributed by atoms with E-state index in [-0.39, 0.29) is 28.2 Å². The summed E-state index contributed by atoms with van der Waals surface area (Å²) in [7, 11) is 0. The molecular formula is C22H13N5O4. The van der Waals surface area contributed by atoms with Crippen LogP contribution in [0.4, 0.5) is 11.4 Å². The van der Waals surface area contributed by atoms with Crippen molar-refractivity contribution < 1.29 is 14.5 Å². The van der Waals surface area contributed by atoms with Crippen LogP contribution >= 0.6 is 0 Å². The Morgan fingerprint density at radius 2 is 1.58 bits per heavy atom. The topological polar surface area (TPSA) is 120 Å². The molecule has 1 N–H and O–H groups in total. The van der Waals surface area contributed by atoms with Crippen molar-refractivity contribution in [2.24, 2.45) is 0 Å². The van der Waals surface area contributed by atoms with Gasteiger partial charge in [0.15, 0.2) is 0 Å². The highest BCUT2D eigenvalue weighted by Gasteiger charge is 2.35. The normalized spacial score (nSPS) is 13.4. The summed E-state index contributed by atoms with van der Waals surface area (Å²) in [4.78, 5) is 37.4. The number of allylic oxidation sites excluding steroid dienone is 2. The zero-order valence-corrected chi connectivity index (χ0v) is 15.9. The number of hydrogen-bond acceptors (Lipinski definition) is 7. The molecule has 9 heteroatoms. The molecule has 150 valence electrons. The molecule has 0 atom stereocenters. The van der Waals surface area contributed by atoms with Gasteiger partial charge < -0.3 is 5.32 Å². The van der Waals surface area contributed by atoms with Gasteiger partial charge in [0.25, 0.3) is 5.69 Å². The molecule has 0 aliphatic heterocycles. The van der Waals surface area contributed by atoms with Crippen LogP contribution in [0.3, 0.4) is 0 Å². The van der Waals surface area contributed by atoms with Crippen LogP contribution in [0, 0.1) is 10.1 Å². The Hall–Kier alpha value is -4.66. The number of aromatic nitrogens is 3. The summed E-state index contributed by atoms with van der Waals surface area (Å²) >= 11 is 0. The van der Waals surface area contributed by atoms with E-state index in [0.717, 1.165) is 0 Å². The van der Waals surface area contributed by atoms with Crippen molar-refractivity contribution in [1.29, 1.82) is 0 Å². The summed E-state index contributed by atoms with van der Waals surface area (Å²) in [5.74, 6) is -0.824. The van der Waals surface area contributed by atoms with Crippen molar-refractivity contribution in [3.05, 3.63) is 99.7 Å². The molecule has 1 aliphatic carbocycles. The lowest BCUT2D eigenvalue weighted by Gasteiger charge is -2.22. The van der Waals surface area contributed by atoms with Gasteiger partial charge in [-0.3, -0.25) is 19.7 Å². The number of anilines is 1. The molecule has 1 aliphatic rings. The number of nitrogens with one attached hydrogen (secondary N) is 1. The van der Waals surface area contributed by atoms with E-state index in [4.69, 9.17) is 0 Å². The second kappa shape index (κ2) is 6.99. The van der Waals surface area contributed by atoms with Gasteiger partial charge in [-0.05, 0) is 18.2 Å². The second-order valence-electron chi connectivity index (χ2n) is 6.85. The van der Waals surface area contributed by atoms with E-state index in [1.807, 2.05) is 0 Å². The molecule has 0 bridgehead atoms. The van der Waals surface area contributed by atoms with E-state index in [9.17, 15) is 19.7 Å². The number of nitrogens with zero attached hydrogens (tertiary/aromatic N) is 4. The van der Waals surface area contributed by atoms with Gasteiger partial charge in [0, 0.05) is 28.9 Å². The van der Waals surface area contributed by atoms with Crippen molar-refractivity contribution in [3.63, 3.8) is 0 Å². The maximum Gasteiger partial charge on any atom is 0.271 e. The summed E-state index contributed by atoms with van der Waals surface area (Å²) in [5.41, 5.74) is 1.74. The van der Waals surface area contributed by atoms with Gasteiger partial charge in [-0.1, -0.05) is 47.7 Å². The second-order valence-corrected chi connectivity index (χ2v) is 6.85. The molecule has 0 unspecified atom stereocenters. The van der Waals surface area contributed by atoms with Crippen molar-refractivity contribution in [2.45, 2.75) is 0 Å². The minimum atomic E-state index is -0.533. The molecule has 3 aromatic carbocycles. The van der Waals surface area contributed by atoms with Gasteiger partial charge in [0.1, 0.15) is 16.9 Å². The van der Waals surface area contributed by atoms with Crippen molar-refractivity contribution in [3.8, 4) is 0 Å². The molecular weight excluding hydrogens is 398 g/mol. The molecule has 0 saturated carbocycles. The predicted molar refractivity (Wildman–Crippen MR) is 113 cm³/mol. The number of carbonyl (C=O) groups is 2. The number of Topliss-reactive ketones (excluding diaryl/α,β-unsaturated/α-hetero) is 2. The zero-order chi connectivity index (χ0) is 21.5. The maximum absolute atomic E-state index is 13.4. The Morgan fingerprint density at radius 3 is 2.35 bits per heavy atom. The molecule has 4 aromatic rings. The number of para-hydroxylation sites is 1.